The summed E-state index contributed by atoms with van der Waals surface area (Å²) in [5.74, 6) is -0.603. The van der Waals surface area contributed by atoms with Gasteiger partial charge in [0.05, 0.1) is 0 Å². The van der Waals surface area contributed by atoms with Gasteiger partial charge in [-0.15, -0.1) is 12.4 Å². The van der Waals surface area contributed by atoms with Gasteiger partial charge in [0.15, 0.2) is 0 Å². The molecule has 2 fully saturated rings. The minimum Gasteiger partial charge on any atom is -0.480 e. The molecule has 0 aromatic heterocycles. The Balaban J connectivity index is 0.00000200. The summed E-state index contributed by atoms with van der Waals surface area (Å²) < 4.78 is 0. The number of nitrogens with zero attached hydrogens (tertiary/aromatic N) is 1. The molecule has 20 heavy (non-hydrogen) atoms. The first-order chi connectivity index (χ1) is 8.97. The molecule has 6 nitrogen and oxygen atoms in total. The minimum atomic E-state index is -1.29. The number of halogens is 1. The summed E-state index contributed by atoms with van der Waals surface area (Å²) in [7, 11) is 0.759. The highest BCUT2D eigenvalue weighted by Gasteiger charge is 2.56. The Kier molecular flexibility index (Phi) is 6.28. The van der Waals surface area contributed by atoms with Crippen molar-refractivity contribution in [2.24, 2.45) is 5.92 Å². The molecular formula is C12H24BClN2O4. The highest BCUT2D eigenvalue weighted by molar-refractivity contribution is 6.40. The standard InChI is InChI=1S/C12H23BN2O4.ClH/c1-15-7-4-9-10(15)8-14-12(9,11(16)17)5-2-3-6-13(18)19;/h9-10,14,18-19H,2-8H2,1H3,(H,16,17);1H/t9-,10-,12+;/m0./s1. The molecule has 116 valence electrons. The lowest BCUT2D eigenvalue weighted by atomic mass is 9.77. The molecule has 2 rings (SSSR count). The van der Waals surface area contributed by atoms with E-state index in [0.717, 1.165) is 19.5 Å². The van der Waals surface area contributed by atoms with Gasteiger partial charge in [-0.2, -0.15) is 0 Å². The van der Waals surface area contributed by atoms with E-state index >= 15 is 0 Å². The molecule has 0 saturated carbocycles. The summed E-state index contributed by atoms with van der Waals surface area (Å²) >= 11 is 0. The topological polar surface area (TPSA) is 93.0 Å². The number of aliphatic carboxylic acids is 1. The van der Waals surface area contributed by atoms with Crippen LogP contribution < -0.4 is 5.32 Å². The maximum Gasteiger partial charge on any atom is 0.451 e. The fourth-order valence-electron chi connectivity index (χ4n) is 3.64. The minimum absolute atomic E-state index is 0. The van der Waals surface area contributed by atoms with Gasteiger partial charge < -0.3 is 25.4 Å². The number of hydrogen-bond donors (Lipinski definition) is 4. The number of carbonyl (C=O) groups is 1. The summed E-state index contributed by atoms with van der Waals surface area (Å²) in [6.07, 6.45) is 3.13. The average Bonchev–Trinajstić information content (AvgIpc) is 2.87. The molecular weight excluding hydrogens is 282 g/mol. The fourth-order valence-corrected chi connectivity index (χ4v) is 3.64. The Hall–Kier alpha value is -0.335. The van der Waals surface area contributed by atoms with E-state index in [1.165, 1.54) is 0 Å². The third kappa shape index (κ3) is 3.28. The van der Waals surface area contributed by atoms with Crippen molar-refractivity contribution in [1.29, 1.82) is 0 Å². The van der Waals surface area contributed by atoms with Crippen LogP contribution in [0.25, 0.3) is 0 Å². The van der Waals surface area contributed by atoms with Crippen LogP contribution in [0.5, 0.6) is 0 Å². The van der Waals surface area contributed by atoms with Crippen molar-refractivity contribution in [2.75, 3.05) is 20.1 Å². The zero-order valence-electron chi connectivity index (χ0n) is 11.8. The average molecular weight is 307 g/mol. The van der Waals surface area contributed by atoms with E-state index in [1.54, 1.807) is 0 Å². The van der Waals surface area contributed by atoms with Crippen LogP contribution in [0.15, 0.2) is 0 Å². The van der Waals surface area contributed by atoms with Crippen molar-refractivity contribution in [3.63, 3.8) is 0 Å². The van der Waals surface area contributed by atoms with Crippen LogP contribution in [0.4, 0.5) is 0 Å². The number of likely N-dealkylation sites (N-methyl/N-ethyl adjacent to an activating group) is 1. The second-order valence-electron chi connectivity index (χ2n) is 5.83. The number of carboxylic acids is 1. The van der Waals surface area contributed by atoms with Crippen LogP contribution >= 0.6 is 12.4 Å². The molecule has 0 aromatic rings. The van der Waals surface area contributed by atoms with E-state index < -0.39 is 18.6 Å². The van der Waals surface area contributed by atoms with Crippen LogP contribution in [-0.4, -0.2) is 64.9 Å². The van der Waals surface area contributed by atoms with Gasteiger partial charge in [0, 0.05) is 18.5 Å². The molecule has 0 aliphatic carbocycles. The summed E-state index contributed by atoms with van der Waals surface area (Å²) in [6, 6.07) is 0.319. The van der Waals surface area contributed by atoms with Crippen LogP contribution in [0.3, 0.4) is 0 Å². The van der Waals surface area contributed by atoms with E-state index in [9.17, 15) is 9.90 Å². The highest BCUT2D eigenvalue weighted by Crippen LogP contribution is 2.40. The first-order valence-electron chi connectivity index (χ1n) is 7.02. The maximum absolute atomic E-state index is 11.7. The number of unbranched alkanes of at least 4 members (excludes halogenated alkanes) is 1. The highest BCUT2D eigenvalue weighted by atomic mass is 35.5. The lowest BCUT2D eigenvalue weighted by Crippen LogP contribution is -2.52. The van der Waals surface area contributed by atoms with Crippen molar-refractivity contribution in [3.8, 4) is 0 Å². The van der Waals surface area contributed by atoms with Gasteiger partial charge in [-0.3, -0.25) is 4.79 Å². The Labute approximate surface area is 126 Å². The van der Waals surface area contributed by atoms with Gasteiger partial charge in [0.2, 0.25) is 0 Å². The Bertz CT molecular complexity index is 347. The predicted octanol–water partition coefficient (Wildman–Crippen LogP) is -0.202. The van der Waals surface area contributed by atoms with Gasteiger partial charge >= 0.3 is 13.1 Å². The van der Waals surface area contributed by atoms with Gasteiger partial charge in [-0.25, -0.2) is 0 Å². The van der Waals surface area contributed by atoms with Gasteiger partial charge in [-0.05, 0) is 32.8 Å². The summed E-state index contributed by atoms with van der Waals surface area (Å²) in [4.78, 5) is 14.0. The molecule has 0 amide bonds. The molecule has 0 bridgehead atoms. The fraction of sp³-hybridized carbons (Fsp3) is 0.917. The zero-order valence-corrected chi connectivity index (χ0v) is 12.6. The lowest BCUT2D eigenvalue weighted by Gasteiger charge is -2.30. The van der Waals surface area contributed by atoms with Crippen LogP contribution in [0, 0.1) is 5.92 Å². The number of rotatable bonds is 6. The molecule has 0 spiro atoms. The smallest absolute Gasteiger partial charge is 0.451 e. The van der Waals surface area contributed by atoms with Crippen molar-refractivity contribution < 1.29 is 19.9 Å². The predicted molar refractivity (Wildman–Crippen MR) is 79.0 cm³/mol. The van der Waals surface area contributed by atoms with Gasteiger partial charge in [0.25, 0.3) is 0 Å². The maximum atomic E-state index is 11.7. The second-order valence-corrected chi connectivity index (χ2v) is 5.83. The van der Waals surface area contributed by atoms with Crippen LogP contribution in [0.1, 0.15) is 25.7 Å². The summed E-state index contributed by atoms with van der Waals surface area (Å²) in [5, 5.41) is 30.5. The van der Waals surface area contributed by atoms with Gasteiger partial charge in [-0.1, -0.05) is 12.8 Å². The summed E-state index contributed by atoms with van der Waals surface area (Å²) in [5.41, 5.74) is -0.824. The number of nitrogens with one attached hydrogen (secondary N) is 1. The van der Waals surface area contributed by atoms with Gasteiger partial charge in [0.1, 0.15) is 5.54 Å². The van der Waals surface area contributed by atoms with E-state index in [-0.39, 0.29) is 18.3 Å². The van der Waals surface area contributed by atoms with Crippen molar-refractivity contribution >= 4 is 25.5 Å². The van der Waals surface area contributed by atoms with Crippen molar-refractivity contribution in [3.05, 3.63) is 0 Å². The third-order valence-corrected chi connectivity index (χ3v) is 4.75. The quantitative estimate of drug-likeness (QED) is 0.401. The molecule has 2 heterocycles. The van der Waals surface area contributed by atoms with E-state index in [0.29, 0.717) is 31.6 Å². The van der Waals surface area contributed by atoms with Crippen molar-refractivity contribution in [1.82, 2.24) is 10.2 Å². The number of carboxylic acid groups (broad SMARTS) is 1. The number of hydrogen-bond acceptors (Lipinski definition) is 5. The third-order valence-electron chi connectivity index (χ3n) is 4.75. The molecule has 0 unspecified atom stereocenters. The molecule has 0 radical (unpaired) electrons. The van der Waals surface area contributed by atoms with Crippen LogP contribution in [0.2, 0.25) is 6.32 Å². The number of likely N-dealkylation sites (tertiary alicyclic amines) is 1. The van der Waals surface area contributed by atoms with E-state index in [4.69, 9.17) is 10.0 Å². The molecule has 2 aliphatic heterocycles. The first-order valence-corrected chi connectivity index (χ1v) is 7.02. The van der Waals surface area contributed by atoms with E-state index in [2.05, 4.69) is 10.2 Å². The molecule has 0 aromatic carbocycles. The van der Waals surface area contributed by atoms with Crippen LogP contribution in [-0.2, 0) is 4.79 Å². The number of fused-ring (bicyclic) bond motifs is 1. The molecule has 3 atom stereocenters. The normalized spacial score (nSPS) is 32.8. The Morgan fingerprint density at radius 1 is 1.45 bits per heavy atom. The molecule has 2 aliphatic rings. The zero-order chi connectivity index (χ0) is 14.0. The van der Waals surface area contributed by atoms with Crippen molar-refractivity contribution in [2.45, 2.75) is 43.6 Å². The molecule has 4 N–H and O–H groups in total. The first kappa shape index (κ1) is 17.7. The Morgan fingerprint density at radius 2 is 2.15 bits per heavy atom. The largest absolute Gasteiger partial charge is 0.480 e. The van der Waals surface area contributed by atoms with E-state index in [1.807, 2.05) is 7.05 Å². The molecule has 8 heteroatoms. The SMILES string of the molecule is CN1CC[C@H]2[C@@H]1CN[C@@]2(CCCCB(O)O)C(=O)O.Cl. The monoisotopic (exact) mass is 306 g/mol. The summed E-state index contributed by atoms with van der Waals surface area (Å²) in [6.45, 7) is 1.69. The Morgan fingerprint density at radius 3 is 2.75 bits per heavy atom. The molecule has 2 saturated heterocycles. The second kappa shape index (κ2) is 7.09. The lowest BCUT2D eigenvalue weighted by molar-refractivity contribution is -0.146.